The van der Waals surface area contributed by atoms with Gasteiger partial charge in [0, 0.05) is 24.4 Å². The molecule has 14 heteroatoms. The molecule has 0 bridgehead atoms. The fourth-order valence-corrected chi connectivity index (χ4v) is 5.73. The number of nitrogens with one attached hydrogen (secondary N) is 3. The van der Waals surface area contributed by atoms with Crippen molar-refractivity contribution in [2.75, 3.05) is 29.5 Å². The van der Waals surface area contributed by atoms with E-state index in [-0.39, 0.29) is 33.7 Å². The third-order valence-corrected chi connectivity index (χ3v) is 8.55. The third kappa shape index (κ3) is 7.47. The topological polar surface area (TPSA) is 122 Å². The summed E-state index contributed by atoms with van der Waals surface area (Å²) in [6.45, 7) is 0.329. The van der Waals surface area contributed by atoms with Gasteiger partial charge in [0.25, 0.3) is 0 Å². The first kappa shape index (κ1) is 30.8. The van der Waals surface area contributed by atoms with Crippen molar-refractivity contribution in [2.45, 2.75) is 17.5 Å². The van der Waals surface area contributed by atoms with Gasteiger partial charge in [-0.2, -0.15) is 13.2 Å². The number of halogens is 4. The van der Waals surface area contributed by atoms with Crippen LogP contribution in [-0.4, -0.2) is 43.1 Å². The lowest BCUT2D eigenvalue weighted by molar-refractivity contribution is -0.137. The predicted octanol–water partition coefficient (Wildman–Crippen LogP) is 6.47. The van der Waals surface area contributed by atoms with E-state index in [2.05, 4.69) is 25.9 Å². The maximum absolute atomic E-state index is 13.1. The zero-order valence-corrected chi connectivity index (χ0v) is 24.4. The van der Waals surface area contributed by atoms with Gasteiger partial charge in [0.15, 0.2) is 9.84 Å². The van der Waals surface area contributed by atoms with Crippen LogP contribution in [-0.2, 0) is 20.8 Å². The number of nitrogens with zero attached hydrogens (tertiary/aromatic N) is 2. The van der Waals surface area contributed by atoms with Crippen molar-refractivity contribution in [3.8, 4) is 11.5 Å². The molecule has 0 saturated carbocycles. The molecule has 9 nitrogen and oxygen atoms in total. The lowest BCUT2D eigenvalue weighted by atomic mass is 10.1. The molecule has 3 N–H and O–H groups in total. The first-order valence-electron chi connectivity index (χ1n) is 13.3. The first-order valence-corrected chi connectivity index (χ1v) is 15.3. The fourth-order valence-electron chi connectivity index (χ4n) is 4.33. The molecule has 1 amide bonds. The molecule has 1 aliphatic heterocycles. The molecule has 0 atom stereocenters. The van der Waals surface area contributed by atoms with Crippen LogP contribution < -0.4 is 20.7 Å². The molecule has 4 aromatic rings. The number of benzene rings is 3. The van der Waals surface area contributed by atoms with Crippen LogP contribution in [0.1, 0.15) is 17.5 Å². The van der Waals surface area contributed by atoms with Gasteiger partial charge < -0.3 is 20.7 Å². The second-order valence-electron chi connectivity index (χ2n) is 9.62. The van der Waals surface area contributed by atoms with Crippen LogP contribution in [0, 0.1) is 0 Å². The summed E-state index contributed by atoms with van der Waals surface area (Å²) >= 11 is 6.39. The highest BCUT2D eigenvalue weighted by atomic mass is 35.5. The third-order valence-electron chi connectivity index (χ3n) is 6.52. The number of amides is 1. The Morgan fingerprint density at radius 2 is 1.82 bits per heavy atom. The number of sulfone groups is 1. The standard InChI is InChI=1S/C30H25ClF3N5O4S/c31-25-17-21(9-10-26(25)43-22-6-4-5-20(16-22)30(32,33)34)39-28-24-15-19(11-12-35-27(24)37-18-38-28)29(40)36-13-14-44(41,42)23-7-2-1-3-8-23/h1-10,15-18H,11-14H2,(H,36,40)(H2,35,37,38,39). The van der Waals surface area contributed by atoms with E-state index < -0.39 is 27.5 Å². The van der Waals surface area contributed by atoms with E-state index in [1.807, 2.05) is 0 Å². The molecule has 44 heavy (non-hydrogen) atoms. The Bertz CT molecular complexity index is 1820. The summed E-state index contributed by atoms with van der Waals surface area (Å²) in [5.74, 6) is 0.277. The molecular weight excluding hydrogens is 619 g/mol. The van der Waals surface area contributed by atoms with Crippen LogP contribution >= 0.6 is 11.6 Å². The minimum atomic E-state index is -4.51. The summed E-state index contributed by atoms with van der Waals surface area (Å²) in [6, 6.07) is 17.1. The Morgan fingerprint density at radius 3 is 2.57 bits per heavy atom. The smallest absolute Gasteiger partial charge is 0.416 e. The van der Waals surface area contributed by atoms with Crippen LogP contribution in [0.4, 0.5) is 30.5 Å². The second kappa shape index (κ2) is 12.9. The summed E-state index contributed by atoms with van der Waals surface area (Å²) < 4.78 is 69.9. The van der Waals surface area contributed by atoms with E-state index in [0.29, 0.717) is 41.4 Å². The van der Waals surface area contributed by atoms with Gasteiger partial charge in [-0.3, -0.25) is 4.79 Å². The van der Waals surface area contributed by atoms with E-state index in [1.54, 1.807) is 30.3 Å². The summed E-state index contributed by atoms with van der Waals surface area (Å²) in [6.07, 6.45) is -1.19. The van der Waals surface area contributed by atoms with Crippen molar-refractivity contribution in [3.05, 3.63) is 101 Å². The summed E-state index contributed by atoms with van der Waals surface area (Å²) in [4.78, 5) is 21.8. The predicted molar refractivity (Wildman–Crippen MR) is 161 cm³/mol. The van der Waals surface area contributed by atoms with Crippen molar-refractivity contribution in [3.63, 3.8) is 0 Å². The van der Waals surface area contributed by atoms with E-state index in [4.69, 9.17) is 16.3 Å². The van der Waals surface area contributed by atoms with Crippen molar-refractivity contribution in [1.29, 1.82) is 0 Å². The van der Waals surface area contributed by atoms with Gasteiger partial charge >= 0.3 is 6.18 Å². The molecule has 1 aromatic heterocycles. The number of ether oxygens (including phenoxy) is 1. The number of anilines is 3. The zero-order chi connectivity index (χ0) is 31.3. The Labute approximate surface area is 256 Å². The molecule has 1 aliphatic rings. The minimum absolute atomic E-state index is 0.0248. The molecule has 0 spiro atoms. The second-order valence-corrected chi connectivity index (χ2v) is 12.1. The molecule has 0 unspecified atom stereocenters. The molecule has 0 aliphatic carbocycles. The van der Waals surface area contributed by atoms with E-state index in [1.165, 1.54) is 42.7 Å². The quantitative estimate of drug-likeness (QED) is 0.190. The molecule has 5 rings (SSSR count). The highest BCUT2D eigenvalue weighted by Crippen LogP contribution is 2.36. The SMILES string of the molecule is O=C(NCCS(=O)(=O)c1ccccc1)C1=Cc2c(ncnc2Nc2ccc(Oc3cccc(C(F)(F)F)c3)c(Cl)c2)NCC1. The molecule has 228 valence electrons. The van der Waals surface area contributed by atoms with Crippen molar-refractivity contribution >= 4 is 50.7 Å². The number of hydrogen-bond acceptors (Lipinski definition) is 8. The van der Waals surface area contributed by atoms with Crippen LogP contribution in [0.5, 0.6) is 11.5 Å². The maximum atomic E-state index is 13.1. The minimum Gasteiger partial charge on any atom is -0.456 e. The Morgan fingerprint density at radius 1 is 1.02 bits per heavy atom. The highest BCUT2D eigenvalue weighted by molar-refractivity contribution is 7.91. The zero-order valence-electron chi connectivity index (χ0n) is 22.9. The summed E-state index contributed by atoms with van der Waals surface area (Å²) in [5, 5.41) is 9.10. The van der Waals surface area contributed by atoms with Crippen LogP contribution in [0.3, 0.4) is 0 Å². The van der Waals surface area contributed by atoms with Crippen molar-refractivity contribution in [1.82, 2.24) is 15.3 Å². The number of carbonyl (C=O) groups excluding carboxylic acids is 1. The van der Waals surface area contributed by atoms with Crippen LogP contribution in [0.15, 0.2) is 89.6 Å². The fraction of sp³-hybridized carbons (Fsp3) is 0.167. The van der Waals surface area contributed by atoms with E-state index in [0.717, 1.165) is 12.1 Å². The Kier molecular flexibility index (Phi) is 9.06. The highest BCUT2D eigenvalue weighted by Gasteiger charge is 2.30. The average molecular weight is 644 g/mol. The van der Waals surface area contributed by atoms with E-state index in [9.17, 15) is 26.4 Å². The summed E-state index contributed by atoms with van der Waals surface area (Å²) in [7, 11) is -3.56. The van der Waals surface area contributed by atoms with Gasteiger partial charge in [-0.1, -0.05) is 35.9 Å². The van der Waals surface area contributed by atoms with Gasteiger partial charge in [-0.15, -0.1) is 0 Å². The maximum Gasteiger partial charge on any atom is 0.416 e. The van der Waals surface area contributed by atoms with Gasteiger partial charge in [0.1, 0.15) is 29.5 Å². The first-order chi connectivity index (χ1) is 21.0. The molecule has 0 fully saturated rings. The molecular formula is C30H25ClF3N5O4S. The van der Waals surface area contributed by atoms with E-state index >= 15 is 0 Å². The lowest BCUT2D eigenvalue weighted by Crippen LogP contribution is -2.30. The largest absolute Gasteiger partial charge is 0.456 e. The normalized spacial score (nSPS) is 13.1. The van der Waals surface area contributed by atoms with Gasteiger partial charge in [-0.05, 0) is 61.0 Å². The average Bonchev–Trinajstić information content (AvgIpc) is 3.22. The van der Waals surface area contributed by atoms with Gasteiger partial charge in [-0.25, -0.2) is 18.4 Å². The number of carbonyl (C=O) groups is 1. The molecule has 0 radical (unpaired) electrons. The van der Waals surface area contributed by atoms with Crippen LogP contribution in [0.2, 0.25) is 5.02 Å². The van der Waals surface area contributed by atoms with Gasteiger partial charge in [0.05, 0.1) is 26.8 Å². The lowest BCUT2D eigenvalue weighted by Gasteiger charge is -2.14. The number of fused-ring (bicyclic) bond motifs is 1. The van der Waals surface area contributed by atoms with Gasteiger partial charge in [0.2, 0.25) is 5.91 Å². The van der Waals surface area contributed by atoms with Crippen molar-refractivity contribution < 1.29 is 31.1 Å². The monoisotopic (exact) mass is 643 g/mol. The number of hydrogen-bond donors (Lipinski definition) is 3. The molecule has 3 aromatic carbocycles. The van der Waals surface area contributed by atoms with Crippen molar-refractivity contribution in [2.24, 2.45) is 0 Å². The molecule has 2 heterocycles. The summed E-state index contributed by atoms with van der Waals surface area (Å²) in [5.41, 5.74) is 0.532. The molecule has 0 saturated heterocycles. The number of aromatic nitrogens is 2. The number of rotatable bonds is 9. The number of alkyl halides is 3. The van der Waals surface area contributed by atoms with Crippen LogP contribution in [0.25, 0.3) is 6.08 Å². The Hall–Kier alpha value is -4.62. The Balaban J connectivity index is 1.29.